The van der Waals surface area contributed by atoms with E-state index in [4.69, 9.17) is 5.26 Å². The van der Waals surface area contributed by atoms with Gasteiger partial charge in [-0.25, -0.2) is 4.21 Å². The molecule has 0 amide bonds. The Hall–Kier alpha value is -2.72. The molecular weight excluding hydrogens is 290 g/mol. The summed E-state index contributed by atoms with van der Waals surface area (Å²) in [4.78, 5) is 10.9. The van der Waals surface area contributed by atoms with Gasteiger partial charge in [0.2, 0.25) is 0 Å². The first-order valence-electron chi connectivity index (χ1n) is 5.90. The molecule has 0 spiro atoms. The predicted molar refractivity (Wildman–Crippen MR) is 78.7 cm³/mol. The van der Waals surface area contributed by atoms with Crippen LogP contribution in [0.15, 0.2) is 57.8 Å². The van der Waals surface area contributed by atoms with Crippen molar-refractivity contribution in [1.82, 2.24) is 0 Å². The van der Waals surface area contributed by atoms with Crippen molar-refractivity contribution < 1.29 is 9.13 Å². The molecule has 0 saturated heterocycles. The molecule has 2 aromatic rings. The second-order valence-electron chi connectivity index (χ2n) is 4.28. The van der Waals surface area contributed by atoms with E-state index < -0.39 is 14.7 Å². The first-order valence-corrected chi connectivity index (χ1v) is 7.82. The molecule has 2 aromatic carbocycles. The molecule has 0 saturated carbocycles. The summed E-state index contributed by atoms with van der Waals surface area (Å²) in [5.41, 5.74) is -0.183. The summed E-state index contributed by atoms with van der Waals surface area (Å²) < 4.78 is 16.7. The lowest BCUT2D eigenvalue weighted by Crippen LogP contribution is -1.97. The summed E-state index contributed by atoms with van der Waals surface area (Å²) in [7, 11) is -2.80. The van der Waals surface area contributed by atoms with E-state index in [1.54, 1.807) is 30.3 Å². The topological polar surface area (TPSA) is 96.4 Å². The van der Waals surface area contributed by atoms with E-state index in [-0.39, 0.29) is 16.9 Å². The highest BCUT2D eigenvalue weighted by Gasteiger charge is 2.16. The Morgan fingerprint density at radius 1 is 1.24 bits per heavy atom. The first kappa shape index (κ1) is 14.7. The van der Waals surface area contributed by atoms with Crippen LogP contribution in [0.4, 0.5) is 11.4 Å². The first-order chi connectivity index (χ1) is 9.94. The van der Waals surface area contributed by atoms with Crippen LogP contribution in [-0.4, -0.2) is 15.4 Å². The van der Waals surface area contributed by atoms with Crippen molar-refractivity contribution in [2.45, 2.75) is 4.90 Å². The van der Waals surface area contributed by atoms with Gasteiger partial charge in [0.05, 0.1) is 26.3 Å². The number of hydrogen-bond acceptors (Lipinski definition) is 5. The van der Waals surface area contributed by atoms with E-state index in [1.165, 1.54) is 18.4 Å². The average Bonchev–Trinajstić information content (AvgIpc) is 2.48. The molecule has 0 aliphatic carbocycles. The molecular formula is C14H11N3O3S. The summed E-state index contributed by atoms with van der Waals surface area (Å²) in [6, 6.07) is 14.2. The van der Waals surface area contributed by atoms with E-state index in [0.717, 1.165) is 6.07 Å². The lowest BCUT2D eigenvalue weighted by atomic mass is 10.2. The highest BCUT2D eigenvalue weighted by molar-refractivity contribution is 7.93. The third kappa shape index (κ3) is 3.24. The Morgan fingerprint density at radius 3 is 2.48 bits per heavy atom. The molecule has 21 heavy (non-hydrogen) atoms. The number of nitro benzene ring substituents is 1. The van der Waals surface area contributed by atoms with Crippen molar-refractivity contribution in [1.29, 1.82) is 5.26 Å². The Balaban J connectivity index is 2.63. The molecule has 0 radical (unpaired) electrons. The van der Waals surface area contributed by atoms with Gasteiger partial charge in [0, 0.05) is 17.2 Å². The summed E-state index contributed by atoms with van der Waals surface area (Å²) in [5, 5.41) is 19.8. The molecule has 6 nitrogen and oxygen atoms in total. The number of hydrogen-bond donors (Lipinski definition) is 0. The number of benzene rings is 2. The lowest BCUT2D eigenvalue weighted by Gasteiger charge is -2.05. The van der Waals surface area contributed by atoms with Crippen molar-refractivity contribution in [3.63, 3.8) is 0 Å². The van der Waals surface area contributed by atoms with Crippen molar-refractivity contribution in [2.24, 2.45) is 4.36 Å². The van der Waals surface area contributed by atoms with Gasteiger partial charge in [-0.15, -0.1) is 0 Å². The van der Waals surface area contributed by atoms with Crippen LogP contribution in [0.3, 0.4) is 0 Å². The number of rotatable bonds is 3. The molecule has 106 valence electrons. The van der Waals surface area contributed by atoms with Crippen LogP contribution in [0.1, 0.15) is 5.56 Å². The minimum atomic E-state index is -2.80. The van der Waals surface area contributed by atoms with Gasteiger partial charge in [-0.05, 0) is 24.3 Å². The SMILES string of the molecule is C[S@](=O)(=Nc1ccc(C#N)cc1[N+](=O)[O-])c1ccccc1. The minimum Gasteiger partial charge on any atom is -0.258 e. The standard InChI is InChI=1S/C14H11N3O3S/c1-21(20,12-5-3-2-4-6-12)16-13-8-7-11(10-15)9-14(13)17(18)19/h2-9H,1H3/t21-/m1/s1. The van der Waals surface area contributed by atoms with Crippen LogP contribution in [0.2, 0.25) is 0 Å². The largest absolute Gasteiger partial charge is 0.296 e. The summed E-state index contributed by atoms with van der Waals surface area (Å²) in [6.45, 7) is 0. The maximum atomic E-state index is 12.6. The number of nitriles is 1. The lowest BCUT2D eigenvalue weighted by molar-refractivity contribution is -0.384. The third-order valence-corrected chi connectivity index (χ3v) is 4.45. The fourth-order valence-corrected chi connectivity index (χ4v) is 3.03. The second kappa shape index (κ2) is 5.73. The monoisotopic (exact) mass is 301 g/mol. The van der Waals surface area contributed by atoms with E-state index in [2.05, 4.69) is 4.36 Å². The molecule has 0 aliphatic rings. The molecule has 2 rings (SSSR count). The second-order valence-corrected chi connectivity index (χ2v) is 6.54. The molecule has 0 aliphatic heterocycles. The minimum absolute atomic E-state index is 0.00430. The van der Waals surface area contributed by atoms with Crippen LogP contribution < -0.4 is 0 Å². The Kier molecular flexibility index (Phi) is 4.00. The van der Waals surface area contributed by atoms with Crippen LogP contribution in [-0.2, 0) is 9.73 Å². The maximum absolute atomic E-state index is 12.6. The van der Waals surface area contributed by atoms with Gasteiger partial charge in [0.25, 0.3) is 5.69 Å². The maximum Gasteiger partial charge on any atom is 0.296 e. The van der Waals surface area contributed by atoms with Gasteiger partial charge in [-0.2, -0.15) is 9.62 Å². The Bertz CT molecular complexity index is 848. The van der Waals surface area contributed by atoms with E-state index in [9.17, 15) is 14.3 Å². The average molecular weight is 301 g/mol. The Morgan fingerprint density at radius 2 is 1.90 bits per heavy atom. The van der Waals surface area contributed by atoms with E-state index in [1.807, 2.05) is 6.07 Å². The van der Waals surface area contributed by atoms with Crippen molar-refractivity contribution >= 4 is 21.1 Å². The van der Waals surface area contributed by atoms with Gasteiger partial charge in [0.1, 0.15) is 0 Å². The van der Waals surface area contributed by atoms with Gasteiger partial charge >= 0.3 is 0 Å². The van der Waals surface area contributed by atoms with Crippen molar-refractivity contribution in [3.8, 4) is 6.07 Å². The van der Waals surface area contributed by atoms with Crippen molar-refractivity contribution in [3.05, 3.63) is 64.2 Å². The summed E-state index contributed by atoms with van der Waals surface area (Å²) in [6.07, 6.45) is 1.42. The molecule has 0 N–H and O–H groups in total. The molecule has 7 heteroatoms. The van der Waals surface area contributed by atoms with Crippen LogP contribution in [0.5, 0.6) is 0 Å². The number of nitro groups is 1. The van der Waals surface area contributed by atoms with E-state index >= 15 is 0 Å². The highest BCUT2D eigenvalue weighted by atomic mass is 32.2. The zero-order valence-corrected chi connectivity index (χ0v) is 11.9. The number of nitrogens with zero attached hydrogens (tertiary/aromatic N) is 3. The highest BCUT2D eigenvalue weighted by Crippen LogP contribution is 2.30. The Labute approximate surface area is 122 Å². The van der Waals surface area contributed by atoms with Crippen LogP contribution in [0.25, 0.3) is 0 Å². The smallest absolute Gasteiger partial charge is 0.258 e. The van der Waals surface area contributed by atoms with Gasteiger partial charge in [0.15, 0.2) is 5.69 Å². The molecule has 0 aromatic heterocycles. The van der Waals surface area contributed by atoms with Gasteiger partial charge in [-0.3, -0.25) is 10.1 Å². The normalized spacial score (nSPS) is 13.0. The fraction of sp³-hybridized carbons (Fsp3) is 0.0714. The van der Waals surface area contributed by atoms with Gasteiger partial charge < -0.3 is 0 Å². The quantitative estimate of drug-likeness (QED) is 0.642. The van der Waals surface area contributed by atoms with Gasteiger partial charge in [-0.1, -0.05) is 18.2 Å². The van der Waals surface area contributed by atoms with E-state index in [0.29, 0.717) is 4.90 Å². The molecule has 0 heterocycles. The molecule has 0 fully saturated rings. The van der Waals surface area contributed by atoms with Crippen LogP contribution in [0, 0.1) is 21.4 Å². The predicted octanol–water partition coefficient (Wildman–Crippen LogP) is 3.25. The summed E-state index contributed by atoms with van der Waals surface area (Å²) in [5.74, 6) is 0. The molecule has 0 unspecified atom stereocenters. The fourth-order valence-electron chi connectivity index (χ4n) is 1.73. The molecule has 0 bridgehead atoms. The third-order valence-electron chi connectivity index (χ3n) is 2.75. The summed E-state index contributed by atoms with van der Waals surface area (Å²) >= 11 is 0. The molecule has 1 atom stereocenters. The zero-order valence-electron chi connectivity index (χ0n) is 11.1. The van der Waals surface area contributed by atoms with Crippen LogP contribution >= 0.6 is 0 Å². The van der Waals surface area contributed by atoms with Crippen molar-refractivity contribution in [2.75, 3.05) is 6.26 Å². The zero-order chi connectivity index (χ0) is 15.5.